The van der Waals surface area contributed by atoms with Gasteiger partial charge in [-0.25, -0.2) is 0 Å². The summed E-state index contributed by atoms with van der Waals surface area (Å²) in [4.78, 5) is 12.2. The van der Waals surface area contributed by atoms with E-state index in [1.165, 1.54) is 18.2 Å². The van der Waals surface area contributed by atoms with Crippen LogP contribution in [0.4, 0.5) is 0 Å². The molecule has 0 aromatic heterocycles. The molecule has 6 nitrogen and oxygen atoms in total. The summed E-state index contributed by atoms with van der Waals surface area (Å²) in [5.74, 6) is -0.952. The third-order valence-electron chi connectivity index (χ3n) is 3.35. The largest absolute Gasteiger partial charge is 0.508 e. The van der Waals surface area contributed by atoms with Gasteiger partial charge in [0, 0.05) is 35.7 Å². The van der Waals surface area contributed by atoms with Crippen molar-refractivity contribution in [1.82, 2.24) is 0 Å². The molecule has 2 aromatic rings. The number of phenols is 4. The van der Waals surface area contributed by atoms with Crippen LogP contribution in [0, 0.1) is 0 Å². The first-order chi connectivity index (χ1) is 9.95. The summed E-state index contributed by atoms with van der Waals surface area (Å²) in [6.45, 7) is 0. The first-order valence-electron chi connectivity index (χ1n) is 6.22. The van der Waals surface area contributed by atoms with Crippen LogP contribution in [0.2, 0.25) is 0 Å². The van der Waals surface area contributed by atoms with E-state index < -0.39 is 6.10 Å². The zero-order valence-corrected chi connectivity index (χ0v) is 10.8. The minimum absolute atomic E-state index is 0.0770. The number of hydrogen-bond donors (Lipinski definition) is 4. The van der Waals surface area contributed by atoms with Crippen molar-refractivity contribution < 1.29 is 30.0 Å². The van der Waals surface area contributed by atoms with Crippen LogP contribution in [0.1, 0.15) is 17.2 Å². The molecule has 21 heavy (non-hydrogen) atoms. The molecule has 1 atom stereocenters. The number of hydrogen-bond acceptors (Lipinski definition) is 6. The maximum atomic E-state index is 12.2. The number of carbonyl (C=O) groups is 1. The molecule has 0 radical (unpaired) electrons. The summed E-state index contributed by atoms with van der Waals surface area (Å²) in [5, 5.41) is 38.3. The number of rotatable bonds is 1. The zero-order chi connectivity index (χ0) is 15.1. The quantitative estimate of drug-likeness (QED) is 0.637. The van der Waals surface area contributed by atoms with Crippen LogP contribution >= 0.6 is 0 Å². The van der Waals surface area contributed by atoms with Gasteiger partial charge >= 0.3 is 0 Å². The molecule has 1 unspecified atom stereocenters. The first kappa shape index (κ1) is 13.1. The Bertz CT molecular complexity index is 737. The number of Topliss-reactive ketones (excluding diaryl/α,β-unsaturated/α-hetero) is 1. The van der Waals surface area contributed by atoms with Crippen molar-refractivity contribution >= 4 is 5.78 Å². The van der Waals surface area contributed by atoms with Gasteiger partial charge in [-0.1, -0.05) is 0 Å². The molecule has 108 valence electrons. The standard InChI is InChI=1S/C15H12O6/c16-7-1-2-9(11(18)3-7)15-13(20)6-10-12(19)4-8(17)5-14(10)21-15/h1-5,15-19H,6H2. The highest BCUT2D eigenvalue weighted by molar-refractivity contribution is 5.90. The summed E-state index contributed by atoms with van der Waals surface area (Å²) in [6.07, 6.45) is -1.13. The van der Waals surface area contributed by atoms with Crippen molar-refractivity contribution in [2.75, 3.05) is 0 Å². The average Bonchev–Trinajstić information content (AvgIpc) is 2.39. The third kappa shape index (κ3) is 2.20. The van der Waals surface area contributed by atoms with E-state index in [0.29, 0.717) is 5.56 Å². The van der Waals surface area contributed by atoms with Crippen LogP contribution in [0.3, 0.4) is 0 Å². The molecule has 6 heteroatoms. The Labute approximate surface area is 119 Å². The Balaban J connectivity index is 2.04. The van der Waals surface area contributed by atoms with Gasteiger partial charge in [0.1, 0.15) is 28.7 Å². The summed E-state index contributed by atoms with van der Waals surface area (Å²) >= 11 is 0. The SMILES string of the molecule is O=C1Cc2c(O)cc(O)cc2OC1c1ccc(O)cc1O. The average molecular weight is 288 g/mol. The number of aromatic hydroxyl groups is 4. The zero-order valence-electron chi connectivity index (χ0n) is 10.8. The molecule has 1 heterocycles. The summed E-state index contributed by atoms with van der Waals surface area (Å²) in [7, 11) is 0. The van der Waals surface area contributed by atoms with Crippen LogP contribution in [0.25, 0.3) is 0 Å². The van der Waals surface area contributed by atoms with Crippen molar-refractivity contribution in [2.45, 2.75) is 12.5 Å². The van der Waals surface area contributed by atoms with E-state index >= 15 is 0 Å². The lowest BCUT2D eigenvalue weighted by molar-refractivity contribution is -0.126. The van der Waals surface area contributed by atoms with Gasteiger partial charge in [-0.3, -0.25) is 4.79 Å². The molecular weight excluding hydrogens is 276 g/mol. The molecule has 3 rings (SSSR count). The van der Waals surface area contributed by atoms with Gasteiger partial charge in [-0.05, 0) is 12.1 Å². The molecule has 1 aliphatic heterocycles. The third-order valence-corrected chi connectivity index (χ3v) is 3.35. The first-order valence-corrected chi connectivity index (χ1v) is 6.22. The lowest BCUT2D eigenvalue weighted by Gasteiger charge is -2.26. The lowest BCUT2D eigenvalue weighted by Crippen LogP contribution is -2.25. The second-order valence-electron chi connectivity index (χ2n) is 4.83. The Morgan fingerprint density at radius 1 is 0.952 bits per heavy atom. The molecule has 0 fully saturated rings. The number of fused-ring (bicyclic) bond motifs is 1. The van der Waals surface area contributed by atoms with E-state index in [0.717, 1.165) is 12.1 Å². The van der Waals surface area contributed by atoms with Crippen LogP contribution in [-0.4, -0.2) is 26.2 Å². The van der Waals surface area contributed by atoms with E-state index in [2.05, 4.69) is 0 Å². The molecule has 1 aliphatic rings. The molecule has 4 N–H and O–H groups in total. The molecule has 0 saturated carbocycles. The fourth-order valence-corrected chi connectivity index (χ4v) is 2.35. The number of carbonyl (C=O) groups excluding carboxylic acids is 1. The summed E-state index contributed by atoms with van der Waals surface area (Å²) in [6, 6.07) is 6.27. The predicted octanol–water partition coefficient (Wildman–Crippen LogP) is 1.75. The van der Waals surface area contributed by atoms with E-state index in [-0.39, 0.29) is 46.5 Å². The highest BCUT2D eigenvalue weighted by atomic mass is 16.5. The maximum Gasteiger partial charge on any atom is 0.186 e. The molecule has 2 aromatic carbocycles. The van der Waals surface area contributed by atoms with Crippen LogP contribution < -0.4 is 4.74 Å². The van der Waals surface area contributed by atoms with E-state index in [1.807, 2.05) is 0 Å². The second-order valence-corrected chi connectivity index (χ2v) is 4.83. The van der Waals surface area contributed by atoms with E-state index in [4.69, 9.17) is 4.74 Å². The summed E-state index contributed by atoms with van der Waals surface area (Å²) in [5.41, 5.74) is 0.513. The van der Waals surface area contributed by atoms with E-state index in [1.54, 1.807) is 0 Å². The molecular formula is C15H12O6. The normalized spacial score (nSPS) is 17.1. The Morgan fingerprint density at radius 3 is 2.38 bits per heavy atom. The Hall–Kier alpha value is -2.89. The van der Waals surface area contributed by atoms with Gasteiger partial charge in [-0.15, -0.1) is 0 Å². The van der Waals surface area contributed by atoms with Gasteiger partial charge in [0.15, 0.2) is 11.9 Å². The minimum atomic E-state index is -1.06. The molecule has 0 spiro atoms. The van der Waals surface area contributed by atoms with Crippen LogP contribution in [0.15, 0.2) is 30.3 Å². The highest BCUT2D eigenvalue weighted by Crippen LogP contribution is 2.42. The Morgan fingerprint density at radius 2 is 1.67 bits per heavy atom. The summed E-state index contributed by atoms with van der Waals surface area (Å²) < 4.78 is 5.50. The monoisotopic (exact) mass is 288 g/mol. The number of benzene rings is 2. The van der Waals surface area contributed by atoms with Crippen LogP contribution in [-0.2, 0) is 11.2 Å². The van der Waals surface area contributed by atoms with Gasteiger partial charge in [0.05, 0.1) is 0 Å². The second kappa shape index (κ2) is 4.59. The van der Waals surface area contributed by atoms with Crippen molar-refractivity contribution in [1.29, 1.82) is 0 Å². The number of ether oxygens (including phenoxy) is 1. The molecule has 0 amide bonds. The minimum Gasteiger partial charge on any atom is -0.508 e. The van der Waals surface area contributed by atoms with Gasteiger partial charge < -0.3 is 25.2 Å². The number of phenolic OH excluding ortho intramolecular Hbond substituents is 4. The highest BCUT2D eigenvalue weighted by Gasteiger charge is 2.33. The molecule has 0 saturated heterocycles. The molecule has 0 bridgehead atoms. The van der Waals surface area contributed by atoms with Gasteiger partial charge in [0.25, 0.3) is 0 Å². The predicted molar refractivity (Wildman–Crippen MR) is 71.6 cm³/mol. The topological polar surface area (TPSA) is 107 Å². The fraction of sp³-hybridized carbons (Fsp3) is 0.133. The maximum absolute atomic E-state index is 12.2. The van der Waals surface area contributed by atoms with Crippen molar-refractivity contribution in [3.63, 3.8) is 0 Å². The van der Waals surface area contributed by atoms with Crippen molar-refractivity contribution in [2.24, 2.45) is 0 Å². The van der Waals surface area contributed by atoms with E-state index in [9.17, 15) is 25.2 Å². The Kier molecular flexibility index (Phi) is 2.86. The fourth-order valence-electron chi connectivity index (χ4n) is 2.35. The smallest absolute Gasteiger partial charge is 0.186 e. The van der Waals surface area contributed by atoms with Gasteiger partial charge in [-0.2, -0.15) is 0 Å². The molecule has 0 aliphatic carbocycles. The van der Waals surface area contributed by atoms with Gasteiger partial charge in [0.2, 0.25) is 0 Å². The van der Waals surface area contributed by atoms with Crippen LogP contribution in [0.5, 0.6) is 28.7 Å². The van der Waals surface area contributed by atoms with Crippen molar-refractivity contribution in [3.05, 3.63) is 41.5 Å². The number of ketones is 1. The van der Waals surface area contributed by atoms with Crippen molar-refractivity contribution in [3.8, 4) is 28.7 Å². The lowest BCUT2D eigenvalue weighted by atomic mass is 9.95.